The van der Waals surface area contributed by atoms with Gasteiger partial charge in [-0.2, -0.15) is 0 Å². The number of ether oxygens (including phenoxy) is 4. The van der Waals surface area contributed by atoms with Crippen LogP contribution in [0.2, 0.25) is 0 Å². The molecule has 0 atom stereocenters. The van der Waals surface area contributed by atoms with Crippen LogP contribution in [-0.4, -0.2) is 30.6 Å². The van der Waals surface area contributed by atoms with Crippen LogP contribution in [0, 0.1) is 0 Å². The summed E-state index contributed by atoms with van der Waals surface area (Å²) in [7, 11) is 3.16. The van der Waals surface area contributed by atoms with Crippen LogP contribution in [0.3, 0.4) is 0 Å². The third-order valence-electron chi connectivity index (χ3n) is 5.18. The first-order chi connectivity index (χ1) is 15.7. The van der Waals surface area contributed by atoms with E-state index in [1.807, 2.05) is 36.4 Å². The number of hydrogen-bond donors (Lipinski definition) is 0. The van der Waals surface area contributed by atoms with Gasteiger partial charge in [0.05, 0.1) is 30.8 Å². The molecular formula is C24H20N2O5S. The van der Waals surface area contributed by atoms with Crippen LogP contribution in [0.5, 0.6) is 23.0 Å². The van der Waals surface area contributed by atoms with Crippen molar-refractivity contribution in [3.8, 4) is 28.7 Å². The molecule has 0 fully saturated rings. The molecule has 0 saturated heterocycles. The minimum atomic E-state index is -0.171. The van der Waals surface area contributed by atoms with E-state index in [-0.39, 0.29) is 12.4 Å². The SMILES string of the molecule is COc1ccc(OC)c(-n2c(SCc3ccc4c(c3)OCO4)nc3ccccc3c2=O)c1. The minimum absolute atomic E-state index is 0.171. The van der Waals surface area contributed by atoms with Crippen molar-refractivity contribution in [1.82, 2.24) is 9.55 Å². The molecule has 0 unspecified atom stereocenters. The molecule has 0 N–H and O–H groups in total. The summed E-state index contributed by atoms with van der Waals surface area (Å²) in [4.78, 5) is 18.4. The van der Waals surface area contributed by atoms with Gasteiger partial charge in [-0.25, -0.2) is 4.98 Å². The standard InChI is InChI=1S/C24H20N2O5S/c1-28-16-8-10-20(29-2)19(12-16)26-23(27)17-5-3-4-6-18(17)25-24(26)32-13-15-7-9-21-22(11-15)31-14-30-21/h3-12H,13-14H2,1-2H3. The lowest BCUT2D eigenvalue weighted by Crippen LogP contribution is -2.22. The summed E-state index contributed by atoms with van der Waals surface area (Å²) in [5.41, 5.74) is 2.08. The van der Waals surface area contributed by atoms with E-state index in [2.05, 4.69) is 0 Å². The zero-order valence-electron chi connectivity index (χ0n) is 17.5. The molecule has 2 heterocycles. The monoisotopic (exact) mass is 448 g/mol. The second-order valence-corrected chi connectivity index (χ2v) is 8.01. The molecule has 1 aromatic heterocycles. The molecule has 1 aliphatic heterocycles. The molecule has 0 spiro atoms. The first-order valence-electron chi connectivity index (χ1n) is 9.93. The van der Waals surface area contributed by atoms with Crippen molar-refractivity contribution in [3.05, 3.63) is 76.6 Å². The van der Waals surface area contributed by atoms with Crippen molar-refractivity contribution in [2.45, 2.75) is 10.9 Å². The highest BCUT2D eigenvalue weighted by atomic mass is 32.2. The summed E-state index contributed by atoms with van der Waals surface area (Å²) in [6.45, 7) is 0.230. The van der Waals surface area contributed by atoms with Crippen molar-refractivity contribution >= 4 is 22.7 Å². The van der Waals surface area contributed by atoms with Crippen LogP contribution in [0.1, 0.15) is 5.56 Å². The fourth-order valence-electron chi connectivity index (χ4n) is 3.57. The van der Waals surface area contributed by atoms with E-state index in [1.165, 1.54) is 11.8 Å². The maximum atomic E-state index is 13.6. The molecule has 0 aliphatic carbocycles. The number of fused-ring (bicyclic) bond motifs is 2. The van der Waals surface area contributed by atoms with E-state index in [0.717, 1.165) is 17.1 Å². The van der Waals surface area contributed by atoms with Gasteiger partial charge < -0.3 is 18.9 Å². The van der Waals surface area contributed by atoms with Crippen molar-refractivity contribution in [1.29, 1.82) is 0 Å². The van der Waals surface area contributed by atoms with E-state index < -0.39 is 0 Å². The van der Waals surface area contributed by atoms with Crippen molar-refractivity contribution < 1.29 is 18.9 Å². The Kier molecular flexibility index (Phi) is 5.36. The predicted molar refractivity (Wildman–Crippen MR) is 123 cm³/mol. The van der Waals surface area contributed by atoms with Gasteiger partial charge in [-0.15, -0.1) is 0 Å². The Morgan fingerprint density at radius 1 is 1.00 bits per heavy atom. The van der Waals surface area contributed by atoms with Gasteiger partial charge in [-0.1, -0.05) is 30.0 Å². The third kappa shape index (κ3) is 3.62. The Bertz CT molecular complexity index is 1370. The molecule has 7 nitrogen and oxygen atoms in total. The van der Waals surface area contributed by atoms with E-state index in [9.17, 15) is 4.79 Å². The Morgan fingerprint density at radius 2 is 1.84 bits per heavy atom. The quantitative estimate of drug-likeness (QED) is 0.319. The van der Waals surface area contributed by atoms with E-state index >= 15 is 0 Å². The van der Waals surface area contributed by atoms with Crippen LogP contribution >= 0.6 is 11.8 Å². The van der Waals surface area contributed by atoms with Crippen molar-refractivity contribution in [2.75, 3.05) is 21.0 Å². The molecule has 5 rings (SSSR count). The van der Waals surface area contributed by atoms with Crippen molar-refractivity contribution in [3.63, 3.8) is 0 Å². The Balaban J connectivity index is 1.63. The number of rotatable bonds is 6. The first-order valence-corrected chi connectivity index (χ1v) is 10.9. The molecule has 0 amide bonds. The van der Waals surface area contributed by atoms with E-state index in [0.29, 0.717) is 39.0 Å². The Labute approximate surface area is 188 Å². The lowest BCUT2D eigenvalue weighted by Gasteiger charge is -2.16. The second kappa shape index (κ2) is 8.47. The molecular weight excluding hydrogens is 428 g/mol. The van der Waals surface area contributed by atoms with Gasteiger partial charge in [0.1, 0.15) is 11.5 Å². The second-order valence-electron chi connectivity index (χ2n) is 7.07. The molecule has 3 aromatic carbocycles. The molecule has 0 bridgehead atoms. The molecule has 0 saturated carbocycles. The number of nitrogens with zero attached hydrogens (tertiary/aromatic N) is 2. The summed E-state index contributed by atoms with van der Waals surface area (Å²) in [6.07, 6.45) is 0. The van der Waals surface area contributed by atoms with Crippen LogP contribution in [0.15, 0.2) is 70.6 Å². The molecule has 4 aromatic rings. The zero-order valence-corrected chi connectivity index (χ0v) is 18.3. The average Bonchev–Trinajstić information content (AvgIpc) is 3.30. The summed E-state index contributed by atoms with van der Waals surface area (Å²) in [6, 6.07) is 18.5. The van der Waals surface area contributed by atoms with Gasteiger partial charge in [0.15, 0.2) is 16.7 Å². The lowest BCUT2D eigenvalue weighted by molar-refractivity contribution is 0.174. The number of para-hydroxylation sites is 1. The van der Waals surface area contributed by atoms with Gasteiger partial charge in [0.2, 0.25) is 6.79 Å². The fourth-order valence-corrected chi connectivity index (χ4v) is 4.52. The molecule has 0 radical (unpaired) electrons. The highest BCUT2D eigenvalue weighted by Gasteiger charge is 2.18. The molecule has 1 aliphatic rings. The Morgan fingerprint density at radius 3 is 2.69 bits per heavy atom. The van der Waals surface area contributed by atoms with Gasteiger partial charge in [-0.3, -0.25) is 9.36 Å². The first kappa shape index (κ1) is 20.3. The lowest BCUT2D eigenvalue weighted by atomic mass is 10.2. The highest BCUT2D eigenvalue weighted by molar-refractivity contribution is 7.98. The zero-order chi connectivity index (χ0) is 22.1. The number of benzene rings is 3. The molecule has 32 heavy (non-hydrogen) atoms. The minimum Gasteiger partial charge on any atom is -0.497 e. The maximum Gasteiger partial charge on any atom is 0.266 e. The van der Waals surface area contributed by atoms with Crippen molar-refractivity contribution in [2.24, 2.45) is 0 Å². The summed E-state index contributed by atoms with van der Waals surface area (Å²) < 4.78 is 23.4. The predicted octanol–water partition coefficient (Wildman–Crippen LogP) is 4.42. The normalized spacial score (nSPS) is 12.2. The van der Waals surface area contributed by atoms with Crippen LogP contribution in [-0.2, 0) is 5.75 Å². The molecule has 162 valence electrons. The highest BCUT2D eigenvalue weighted by Crippen LogP contribution is 2.35. The van der Waals surface area contributed by atoms with Crippen LogP contribution < -0.4 is 24.5 Å². The summed E-state index contributed by atoms with van der Waals surface area (Å²) in [5.74, 6) is 3.22. The summed E-state index contributed by atoms with van der Waals surface area (Å²) in [5, 5.41) is 1.09. The van der Waals surface area contributed by atoms with Gasteiger partial charge in [-0.05, 0) is 42.0 Å². The van der Waals surface area contributed by atoms with Crippen LogP contribution in [0.25, 0.3) is 16.6 Å². The number of aromatic nitrogens is 2. The van der Waals surface area contributed by atoms with Gasteiger partial charge >= 0.3 is 0 Å². The fraction of sp³-hybridized carbons (Fsp3) is 0.167. The topological polar surface area (TPSA) is 71.8 Å². The number of thioether (sulfide) groups is 1. The summed E-state index contributed by atoms with van der Waals surface area (Å²) >= 11 is 1.46. The number of hydrogen-bond acceptors (Lipinski definition) is 7. The Hall–Kier alpha value is -3.65. The van der Waals surface area contributed by atoms with E-state index in [4.69, 9.17) is 23.9 Å². The molecule has 8 heteroatoms. The third-order valence-corrected chi connectivity index (χ3v) is 6.19. The van der Waals surface area contributed by atoms with Gasteiger partial charge in [0.25, 0.3) is 5.56 Å². The largest absolute Gasteiger partial charge is 0.497 e. The maximum absolute atomic E-state index is 13.6. The van der Waals surface area contributed by atoms with Gasteiger partial charge in [0, 0.05) is 11.8 Å². The van der Waals surface area contributed by atoms with Crippen LogP contribution in [0.4, 0.5) is 0 Å². The number of methoxy groups -OCH3 is 2. The smallest absolute Gasteiger partial charge is 0.266 e. The average molecular weight is 449 g/mol. The van der Waals surface area contributed by atoms with E-state index in [1.54, 1.807) is 43.1 Å².